The van der Waals surface area contributed by atoms with E-state index in [1.165, 1.54) is 24.0 Å². The molecule has 0 radical (unpaired) electrons. The molecule has 1 heterocycles. The molecule has 4 aromatic carbocycles. The number of amides is 1. The van der Waals surface area contributed by atoms with Crippen LogP contribution < -0.4 is 5.43 Å². The van der Waals surface area contributed by atoms with Crippen LogP contribution in [0.15, 0.2) is 104 Å². The van der Waals surface area contributed by atoms with E-state index in [1.807, 2.05) is 67.6 Å². The average molecular weight is 482 g/mol. The fraction of sp³-hybridized carbons (Fsp3) is 0.0370. The SMILES string of the molecule is Cc1ccc(Sc2ccc(C=NNC(=O)c3cc4c(ccc5ccccc54)o3)cc2[N+](=O)[O-])cc1. The van der Waals surface area contributed by atoms with Gasteiger partial charge in [-0.15, -0.1) is 0 Å². The van der Waals surface area contributed by atoms with Gasteiger partial charge < -0.3 is 4.42 Å². The molecule has 0 bridgehead atoms. The fourth-order valence-corrected chi connectivity index (χ4v) is 4.60. The van der Waals surface area contributed by atoms with Crippen LogP contribution in [0.25, 0.3) is 21.7 Å². The Morgan fingerprint density at radius 2 is 1.80 bits per heavy atom. The summed E-state index contributed by atoms with van der Waals surface area (Å²) < 4.78 is 5.69. The third-order valence-corrected chi connectivity index (χ3v) is 6.53. The molecular weight excluding hydrogens is 462 g/mol. The molecule has 0 fully saturated rings. The van der Waals surface area contributed by atoms with Crippen molar-refractivity contribution in [3.63, 3.8) is 0 Å². The zero-order valence-corrected chi connectivity index (χ0v) is 19.4. The van der Waals surface area contributed by atoms with Crippen molar-refractivity contribution in [2.45, 2.75) is 16.7 Å². The van der Waals surface area contributed by atoms with E-state index in [2.05, 4.69) is 10.5 Å². The first-order valence-corrected chi connectivity index (χ1v) is 11.6. The first kappa shape index (κ1) is 22.4. The Kier molecular flexibility index (Phi) is 6.03. The molecule has 0 saturated carbocycles. The summed E-state index contributed by atoms with van der Waals surface area (Å²) in [4.78, 5) is 25.2. The number of furan rings is 1. The van der Waals surface area contributed by atoms with Crippen molar-refractivity contribution in [3.05, 3.63) is 112 Å². The summed E-state index contributed by atoms with van der Waals surface area (Å²) in [6, 6.07) is 25.9. The number of fused-ring (bicyclic) bond motifs is 3. The normalized spacial score (nSPS) is 11.3. The van der Waals surface area contributed by atoms with E-state index in [-0.39, 0.29) is 11.4 Å². The number of carbonyl (C=O) groups excluding carboxylic acids is 1. The number of nitrogens with zero attached hydrogens (tertiary/aromatic N) is 2. The lowest BCUT2D eigenvalue weighted by Crippen LogP contribution is -2.16. The predicted molar refractivity (Wildman–Crippen MR) is 137 cm³/mol. The molecule has 1 N–H and O–H groups in total. The van der Waals surface area contributed by atoms with Crippen LogP contribution in [0.1, 0.15) is 21.7 Å². The highest BCUT2D eigenvalue weighted by Gasteiger charge is 2.16. The lowest BCUT2D eigenvalue weighted by molar-refractivity contribution is -0.387. The number of benzene rings is 4. The maximum Gasteiger partial charge on any atom is 0.307 e. The number of carbonyl (C=O) groups is 1. The third-order valence-electron chi connectivity index (χ3n) is 5.46. The van der Waals surface area contributed by atoms with Crippen LogP contribution in [0.5, 0.6) is 0 Å². The summed E-state index contributed by atoms with van der Waals surface area (Å²) in [7, 11) is 0. The third kappa shape index (κ3) is 4.78. The Morgan fingerprint density at radius 3 is 2.60 bits per heavy atom. The molecule has 0 spiro atoms. The molecule has 0 unspecified atom stereocenters. The van der Waals surface area contributed by atoms with E-state index in [0.29, 0.717) is 16.0 Å². The van der Waals surface area contributed by atoms with Gasteiger partial charge in [-0.25, -0.2) is 5.43 Å². The molecule has 35 heavy (non-hydrogen) atoms. The minimum Gasteiger partial charge on any atom is -0.451 e. The first-order chi connectivity index (χ1) is 17.0. The smallest absolute Gasteiger partial charge is 0.307 e. The van der Waals surface area contributed by atoms with Crippen LogP contribution in [0.4, 0.5) is 5.69 Å². The molecule has 8 heteroatoms. The minimum atomic E-state index is -0.512. The standard InChI is InChI=1S/C27H19N3O4S/c1-17-6-10-20(11-7-17)35-26-13-8-18(14-23(26)30(32)33)16-28-29-27(31)25-15-22-21-5-3-2-4-19(21)9-12-24(22)34-25/h2-16H,1H3,(H,29,31). The second-order valence-corrected chi connectivity index (χ2v) is 9.02. The predicted octanol–water partition coefficient (Wildman–Crippen LogP) is 6.72. The van der Waals surface area contributed by atoms with Gasteiger partial charge in [0.15, 0.2) is 5.76 Å². The Balaban J connectivity index is 1.32. The maximum atomic E-state index is 12.6. The highest BCUT2D eigenvalue weighted by Crippen LogP contribution is 2.35. The van der Waals surface area contributed by atoms with Gasteiger partial charge in [0, 0.05) is 21.9 Å². The van der Waals surface area contributed by atoms with Crippen LogP contribution in [-0.4, -0.2) is 17.0 Å². The maximum absolute atomic E-state index is 12.6. The number of nitro benzene ring substituents is 1. The Labute approximate surface area is 204 Å². The van der Waals surface area contributed by atoms with E-state index in [1.54, 1.807) is 18.2 Å². The van der Waals surface area contributed by atoms with Gasteiger partial charge in [-0.2, -0.15) is 5.10 Å². The molecule has 7 nitrogen and oxygen atoms in total. The largest absolute Gasteiger partial charge is 0.451 e. The lowest BCUT2D eigenvalue weighted by atomic mass is 10.1. The Morgan fingerprint density at radius 1 is 1.00 bits per heavy atom. The summed E-state index contributed by atoms with van der Waals surface area (Å²) in [6.45, 7) is 1.99. The van der Waals surface area contributed by atoms with E-state index >= 15 is 0 Å². The summed E-state index contributed by atoms with van der Waals surface area (Å²) >= 11 is 1.32. The van der Waals surface area contributed by atoms with Crippen molar-refractivity contribution in [3.8, 4) is 0 Å². The monoisotopic (exact) mass is 481 g/mol. The van der Waals surface area contributed by atoms with E-state index < -0.39 is 10.8 Å². The molecule has 0 aliphatic rings. The summed E-state index contributed by atoms with van der Waals surface area (Å²) in [5.74, 6) is -0.382. The Hall–Kier alpha value is -4.43. The number of aryl methyl sites for hydroxylation is 1. The van der Waals surface area contributed by atoms with Crippen LogP contribution in [-0.2, 0) is 0 Å². The molecule has 1 amide bonds. The van der Waals surface area contributed by atoms with Crippen molar-refractivity contribution in [2.24, 2.45) is 5.10 Å². The number of nitro groups is 1. The van der Waals surface area contributed by atoms with Gasteiger partial charge in [0.1, 0.15) is 5.58 Å². The summed E-state index contributed by atoms with van der Waals surface area (Å²) in [5, 5.41) is 18.5. The number of hydrogen-bond acceptors (Lipinski definition) is 6. The van der Waals surface area contributed by atoms with Crippen molar-refractivity contribution >= 4 is 51.3 Å². The van der Waals surface area contributed by atoms with Crippen LogP contribution >= 0.6 is 11.8 Å². The Bertz CT molecular complexity index is 1610. The molecule has 0 saturated heterocycles. The summed E-state index contributed by atoms with van der Waals surface area (Å²) in [5.41, 5.74) is 4.61. The zero-order valence-electron chi connectivity index (χ0n) is 18.6. The number of hydrogen-bond donors (Lipinski definition) is 1. The van der Waals surface area contributed by atoms with Crippen LogP contribution in [0, 0.1) is 17.0 Å². The molecular formula is C27H19N3O4S. The number of nitrogens with one attached hydrogen (secondary N) is 1. The summed E-state index contributed by atoms with van der Waals surface area (Å²) in [6.07, 6.45) is 1.36. The van der Waals surface area contributed by atoms with Gasteiger partial charge in [-0.1, -0.05) is 65.9 Å². The van der Waals surface area contributed by atoms with Gasteiger partial charge in [0.05, 0.1) is 16.0 Å². The highest BCUT2D eigenvalue weighted by molar-refractivity contribution is 7.99. The van der Waals surface area contributed by atoms with Crippen LogP contribution in [0.2, 0.25) is 0 Å². The number of hydrazone groups is 1. The van der Waals surface area contributed by atoms with Gasteiger partial charge in [0.2, 0.25) is 0 Å². The van der Waals surface area contributed by atoms with Crippen LogP contribution in [0.3, 0.4) is 0 Å². The van der Waals surface area contributed by atoms with E-state index in [4.69, 9.17) is 4.42 Å². The molecule has 172 valence electrons. The quantitative estimate of drug-likeness (QED) is 0.165. The van der Waals surface area contributed by atoms with Crippen molar-refractivity contribution in [1.29, 1.82) is 0 Å². The molecule has 0 atom stereocenters. The van der Waals surface area contributed by atoms with E-state index in [9.17, 15) is 14.9 Å². The molecule has 5 aromatic rings. The second-order valence-electron chi connectivity index (χ2n) is 7.91. The molecule has 5 rings (SSSR count). The van der Waals surface area contributed by atoms with Gasteiger partial charge in [-0.3, -0.25) is 14.9 Å². The number of rotatable bonds is 6. The average Bonchev–Trinajstić information content (AvgIpc) is 3.31. The molecule has 0 aliphatic carbocycles. The second kappa shape index (κ2) is 9.44. The van der Waals surface area contributed by atoms with Crippen molar-refractivity contribution < 1.29 is 14.1 Å². The van der Waals surface area contributed by atoms with E-state index in [0.717, 1.165) is 26.6 Å². The van der Waals surface area contributed by atoms with Gasteiger partial charge >= 0.3 is 5.91 Å². The topological polar surface area (TPSA) is 97.7 Å². The molecule has 0 aliphatic heterocycles. The van der Waals surface area contributed by atoms with Crippen molar-refractivity contribution in [2.75, 3.05) is 0 Å². The minimum absolute atomic E-state index is 0.0324. The van der Waals surface area contributed by atoms with Gasteiger partial charge in [0.25, 0.3) is 5.69 Å². The van der Waals surface area contributed by atoms with Crippen molar-refractivity contribution in [1.82, 2.24) is 5.43 Å². The first-order valence-electron chi connectivity index (χ1n) is 10.8. The highest BCUT2D eigenvalue weighted by atomic mass is 32.2. The van der Waals surface area contributed by atoms with Gasteiger partial charge in [-0.05, 0) is 48.0 Å². The lowest BCUT2D eigenvalue weighted by Gasteiger charge is -2.04. The molecule has 1 aromatic heterocycles. The fourth-order valence-electron chi connectivity index (χ4n) is 3.70. The zero-order chi connectivity index (χ0) is 24.4.